The predicted octanol–water partition coefficient (Wildman–Crippen LogP) is 2.65. The highest BCUT2D eigenvalue weighted by molar-refractivity contribution is 6.30. The second-order valence-corrected chi connectivity index (χ2v) is 4.19. The van der Waals surface area contributed by atoms with Gasteiger partial charge in [-0.3, -0.25) is 4.79 Å². The molecule has 0 aliphatic carbocycles. The van der Waals surface area contributed by atoms with Gasteiger partial charge in [0, 0.05) is 6.20 Å². The molecule has 0 amide bonds. The molecule has 0 aromatic carbocycles. The molecule has 0 radical (unpaired) electrons. The van der Waals surface area contributed by atoms with Gasteiger partial charge >= 0.3 is 5.97 Å². The number of rotatable bonds is 2. The van der Waals surface area contributed by atoms with Crippen molar-refractivity contribution < 1.29 is 9.90 Å². The molecular formula is C11H12Cl2N2O2. The van der Waals surface area contributed by atoms with Crippen molar-refractivity contribution in [1.29, 1.82) is 0 Å². The van der Waals surface area contributed by atoms with E-state index in [4.69, 9.17) is 16.7 Å². The van der Waals surface area contributed by atoms with Crippen LogP contribution in [-0.2, 0) is 11.2 Å². The van der Waals surface area contributed by atoms with Gasteiger partial charge in [0.1, 0.15) is 5.65 Å². The van der Waals surface area contributed by atoms with Gasteiger partial charge in [0.05, 0.1) is 22.8 Å². The molecule has 4 nitrogen and oxygen atoms in total. The fourth-order valence-corrected chi connectivity index (χ4v) is 2.05. The molecule has 0 aliphatic heterocycles. The zero-order chi connectivity index (χ0) is 11.9. The minimum Gasteiger partial charge on any atom is -0.481 e. The van der Waals surface area contributed by atoms with Crippen LogP contribution in [0.4, 0.5) is 0 Å². The van der Waals surface area contributed by atoms with Crippen molar-refractivity contribution in [3.05, 3.63) is 34.2 Å². The van der Waals surface area contributed by atoms with Crippen LogP contribution in [0.5, 0.6) is 0 Å². The Morgan fingerprint density at radius 3 is 2.76 bits per heavy atom. The van der Waals surface area contributed by atoms with Crippen LogP contribution in [0.25, 0.3) is 5.65 Å². The molecule has 0 bridgehead atoms. The topological polar surface area (TPSA) is 54.6 Å². The maximum Gasteiger partial charge on any atom is 0.309 e. The Balaban J connectivity index is 0.00000144. The Hall–Kier alpha value is -1.26. The first-order valence-electron chi connectivity index (χ1n) is 4.84. The number of carbonyl (C=O) groups is 1. The predicted molar refractivity (Wildman–Crippen MR) is 68.3 cm³/mol. The Bertz CT molecular complexity index is 578. The van der Waals surface area contributed by atoms with Gasteiger partial charge < -0.3 is 9.51 Å². The quantitative estimate of drug-likeness (QED) is 0.916. The van der Waals surface area contributed by atoms with E-state index in [0.717, 1.165) is 16.9 Å². The summed E-state index contributed by atoms with van der Waals surface area (Å²) in [4.78, 5) is 15.1. The number of carboxylic acids is 1. The third-order valence-electron chi connectivity index (χ3n) is 2.49. The van der Waals surface area contributed by atoms with E-state index in [0.29, 0.717) is 10.7 Å². The van der Waals surface area contributed by atoms with E-state index < -0.39 is 5.97 Å². The molecule has 2 rings (SSSR count). The summed E-state index contributed by atoms with van der Waals surface area (Å²) >= 11 is 5.95. The highest BCUT2D eigenvalue weighted by Gasteiger charge is 2.13. The fourth-order valence-electron chi connectivity index (χ4n) is 1.78. The summed E-state index contributed by atoms with van der Waals surface area (Å²) in [6.07, 6.45) is 1.65. The number of imidazole rings is 1. The summed E-state index contributed by atoms with van der Waals surface area (Å²) in [5, 5.41) is 9.41. The highest BCUT2D eigenvalue weighted by atomic mass is 35.5. The molecule has 0 fully saturated rings. The van der Waals surface area contributed by atoms with Gasteiger partial charge in [0.25, 0.3) is 0 Å². The maximum absolute atomic E-state index is 10.8. The summed E-state index contributed by atoms with van der Waals surface area (Å²) in [7, 11) is 0. The van der Waals surface area contributed by atoms with Crippen molar-refractivity contribution in [3.63, 3.8) is 0 Å². The van der Waals surface area contributed by atoms with Crippen molar-refractivity contribution in [2.24, 2.45) is 0 Å². The molecule has 0 saturated carbocycles. The number of halogens is 2. The Morgan fingerprint density at radius 1 is 1.53 bits per heavy atom. The molecule has 92 valence electrons. The van der Waals surface area contributed by atoms with Crippen LogP contribution in [0.2, 0.25) is 5.02 Å². The SMILES string of the molecule is Cc1nc2c(C)cc(Cl)cn2c1CC(=O)O.Cl. The van der Waals surface area contributed by atoms with E-state index >= 15 is 0 Å². The minimum atomic E-state index is -0.873. The average molecular weight is 275 g/mol. The summed E-state index contributed by atoms with van der Waals surface area (Å²) < 4.78 is 1.75. The van der Waals surface area contributed by atoms with E-state index in [9.17, 15) is 4.79 Å². The molecule has 0 saturated heterocycles. The molecule has 17 heavy (non-hydrogen) atoms. The van der Waals surface area contributed by atoms with Gasteiger partial charge in [-0.05, 0) is 25.5 Å². The van der Waals surface area contributed by atoms with E-state index in [1.807, 2.05) is 13.0 Å². The molecule has 0 spiro atoms. The number of hydrogen-bond acceptors (Lipinski definition) is 2. The standard InChI is InChI=1S/C11H11ClN2O2.ClH/c1-6-3-8(12)5-14-9(4-10(15)16)7(2)13-11(6)14;/h3,5H,4H2,1-2H3,(H,15,16);1H. The lowest BCUT2D eigenvalue weighted by molar-refractivity contribution is -0.136. The molecule has 0 atom stereocenters. The normalized spacial score (nSPS) is 10.3. The first kappa shape index (κ1) is 13.8. The van der Waals surface area contributed by atoms with Gasteiger partial charge in [-0.2, -0.15) is 0 Å². The summed E-state index contributed by atoms with van der Waals surface area (Å²) in [5.41, 5.74) is 3.10. The second-order valence-electron chi connectivity index (χ2n) is 3.75. The molecule has 0 aliphatic rings. The minimum absolute atomic E-state index is 0. The second kappa shape index (κ2) is 4.94. The van der Waals surface area contributed by atoms with Crippen LogP contribution in [0.15, 0.2) is 12.3 Å². The Kier molecular flexibility index (Phi) is 4.01. The third-order valence-corrected chi connectivity index (χ3v) is 2.70. The number of nitrogens with zero attached hydrogens (tertiary/aromatic N) is 2. The zero-order valence-electron chi connectivity index (χ0n) is 9.40. The number of pyridine rings is 1. The molecule has 2 aromatic heterocycles. The van der Waals surface area contributed by atoms with Crippen LogP contribution in [-0.4, -0.2) is 20.5 Å². The molecule has 2 aromatic rings. The number of aryl methyl sites for hydroxylation is 2. The number of aliphatic carboxylic acids is 1. The third kappa shape index (κ3) is 2.53. The van der Waals surface area contributed by atoms with Crippen LogP contribution >= 0.6 is 24.0 Å². The number of hydrogen-bond donors (Lipinski definition) is 1. The lowest BCUT2D eigenvalue weighted by Crippen LogP contribution is -2.04. The first-order chi connectivity index (χ1) is 7.49. The molecule has 2 heterocycles. The van der Waals surface area contributed by atoms with Gasteiger partial charge in [0.15, 0.2) is 0 Å². The van der Waals surface area contributed by atoms with Crippen LogP contribution in [0.3, 0.4) is 0 Å². The summed E-state index contributed by atoms with van der Waals surface area (Å²) in [6, 6.07) is 1.81. The van der Waals surface area contributed by atoms with Crippen molar-refractivity contribution in [3.8, 4) is 0 Å². The van der Waals surface area contributed by atoms with Crippen LogP contribution < -0.4 is 0 Å². The van der Waals surface area contributed by atoms with Gasteiger partial charge in [-0.25, -0.2) is 4.98 Å². The smallest absolute Gasteiger partial charge is 0.309 e. The van der Waals surface area contributed by atoms with E-state index in [1.54, 1.807) is 17.5 Å². The van der Waals surface area contributed by atoms with Gasteiger partial charge in [-0.15, -0.1) is 12.4 Å². The molecule has 0 unspecified atom stereocenters. The first-order valence-corrected chi connectivity index (χ1v) is 5.22. The number of carboxylic acid groups (broad SMARTS) is 1. The highest BCUT2D eigenvalue weighted by Crippen LogP contribution is 2.20. The van der Waals surface area contributed by atoms with Crippen molar-refractivity contribution in [2.75, 3.05) is 0 Å². The lowest BCUT2D eigenvalue weighted by atomic mass is 10.2. The van der Waals surface area contributed by atoms with Crippen molar-refractivity contribution >= 4 is 35.6 Å². The Morgan fingerprint density at radius 2 is 2.18 bits per heavy atom. The van der Waals surface area contributed by atoms with Crippen molar-refractivity contribution in [2.45, 2.75) is 20.3 Å². The zero-order valence-corrected chi connectivity index (χ0v) is 11.0. The monoisotopic (exact) mass is 274 g/mol. The van der Waals surface area contributed by atoms with Crippen molar-refractivity contribution in [1.82, 2.24) is 9.38 Å². The molecular weight excluding hydrogens is 263 g/mol. The van der Waals surface area contributed by atoms with E-state index in [2.05, 4.69) is 4.98 Å². The fraction of sp³-hybridized carbons (Fsp3) is 0.273. The van der Waals surface area contributed by atoms with E-state index in [1.165, 1.54) is 0 Å². The lowest BCUT2D eigenvalue weighted by Gasteiger charge is -2.02. The molecule has 1 N–H and O–H groups in total. The molecule has 6 heteroatoms. The number of fused-ring (bicyclic) bond motifs is 1. The number of aromatic nitrogens is 2. The maximum atomic E-state index is 10.8. The summed E-state index contributed by atoms with van der Waals surface area (Å²) in [6.45, 7) is 3.71. The van der Waals surface area contributed by atoms with Gasteiger partial charge in [-0.1, -0.05) is 11.6 Å². The van der Waals surface area contributed by atoms with Gasteiger partial charge in [0.2, 0.25) is 0 Å². The van der Waals surface area contributed by atoms with Crippen LogP contribution in [0.1, 0.15) is 17.0 Å². The van der Waals surface area contributed by atoms with Crippen LogP contribution in [0, 0.1) is 13.8 Å². The average Bonchev–Trinajstić information content (AvgIpc) is 2.45. The van der Waals surface area contributed by atoms with E-state index in [-0.39, 0.29) is 18.8 Å². The largest absolute Gasteiger partial charge is 0.481 e. The Labute approximate surface area is 110 Å². The summed E-state index contributed by atoms with van der Waals surface area (Å²) in [5.74, 6) is -0.873.